The molecule has 0 aromatic carbocycles. The molecular weight excluding hydrogens is 358 g/mol. The van der Waals surface area contributed by atoms with Gasteiger partial charge in [0, 0.05) is 37.2 Å². The molecule has 4 rings (SSSR count). The molecule has 0 saturated carbocycles. The van der Waals surface area contributed by atoms with Crippen molar-refractivity contribution in [1.82, 2.24) is 34.8 Å². The van der Waals surface area contributed by atoms with Crippen molar-refractivity contribution in [1.29, 1.82) is 0 Å². The van der Waals surface area contributed by atoms with Crippen LogP contribution in [0.1, 0.15) is 33.7 Å². The van der Waals surface area contributed by atoms with Crippen LogP contribution in [0.2, 0.25) is 0 Å². The summed E-state index contributed by atoms with van der Waals surface area (Å²) >= 11 is 0. The summed E-state index contributed by atoms with van der Waals surface area (Å²) in [7, 11) is 0. The summed E-state index contributed by atoms with van der Waals surface area (Å²) < 4.78 is 7.14. The summed E-state index contributed by atoms with van der Waals surface area (Å²) in [5.41, 5.74) is 2.63. The van der Waals surface area contributed by atoms with Gasteiger partial charge in [0.2, 0.25) is 5.82 Å². The first-order valence-corrected chi connectivity index (χ1v) is 9.34. The number of aromatic nitrogens is 5. The standard InChI is InChI=1S/C19H23N7O2/c1-13-11-14(2)26-17(23-24-19(26)22-13)18(27)21-12-16(15-5-3-4-6-20-15)25-7-9-28-10-8-25/h3-6,11,16H,7-10,12H2,1-2H3,(H,21,27)/t16-/m0/s1. The number of carbonyl (C=O) groups is 1. The molecular formula is C19H23N7O2. The second-order valence-corrected chi connectivity index (χ2v) is 6.83. The van der Waals surface area contributed by atoms with Crippen molar-refractivity contribution in [3.63, 3.8) is 0 Å². The van der Waals surface area contributed by atoms with Gasteiger partial charge in [0.15, 0.2) is 0 Å². The molecule has 1 aliphatic heterocycles. The fourth-order valence-corrected chi connectivity index (χ4v) is 3.53. The Balaban J connectivity index is 1.55. The van der Waals surface area contributed by atoms with E-state index in [-0.39, 0.29) is 17.8 Å². The summed E-state index contributed by atoms with van der Waals surface area (Å²) in [6.07, 6.45) is 1.77. The first-order chi connectivity index (χ1) is 13.6. The number of fused-ring (bicyclic) bond motifs is 1. The number of pyridine rings is 1. The minimum atomic E-state index is -0.282. The zero-order valence-electron chi connectivity index (χ0n) is 16.0. The molecule has 3 aromatic heterocycles. The number of ether oxygens (including phenoxy) is 1. The topological polar surface area (TPSA) is 97.5 Å². The number of carbonyl (C=O) groups excluding carboxylic acids is 1. The van der Waals surface area contributed by atoms with E-state index in [0.29, 0.717) is 25.5 Å². The molecule has 1 N–H and O–H groups in total. The van der Waals surface area contributed by atoms with E-state index >= 15 is 0 Å². The highest BCUT2D eigenvalue weighted by Crippen LogP contribution is 2.19. The average molecular weight is 381 g/mol. The van der Waals surface area contributed by atoms with Gasteiger partial charge < -0.3 is 10.1 Å². The zero-order valence-corrected chi connectivity index (χ0v) is 16.0. The third-order valence-electron chi connectivity index (χ3n) is 4.87. The van der Waals surface area contributed by atoms with Crippen LogP contribution in [0.3, 0.4) is 0 Å². The fourth-order valence-electron chi connectivity index (χ4n) is 3.53. The van der Waals surface area contributed by atoms with E-state index in [2.05, 4.69) is 30.4 Å². The molecule has 28 heavy (non-hydrogen) atoms. The second-order valence-electron chi connectivity index (χ2n) is 6.83. The summed E-state index contributed by atoms with van der Waals surface area (Å²) in [4.78, 5) is 24.0. The highest BCUT2D eigenvalue weighted by Gasteiger charge is 2.25. The molecule has 1 amide bonds. The molecule has 1 fully saturated rings. The van der Waals surface area contributed by atoms with E-state index in [4.69, 9.17) is 4.74 Å². The fraction of sp³-hybridized carbons (Fsp3) is 0.421. The molecule has 0 aliphatic carbocycles. The Bertz CT molecular complexity index is 967. The molecule has 146 valence electrons. The quantitative estimate of drug-likeness (QED) is 0.702. The number of amides is 1. The van der Waals surface area contributed by atoms with Gasteiger partial charge in [-0.15, -0.1) is 10.2 Å². The Labute approximate surface area is 162 Å². The largest absolute Gasteiger partial charge is 0.379 e. The maximum absolute atomic E-state index is 12.8. The summed E-state index contributed by atoms with van der Waals surface area (Å²) in [6, 6.07) is 7.70. The van der Waals surface area contributed by atoms with Gasteiger partial charge in [0.25, 0.3) is 11.7 Å². The zero-order chi connectivity index (χ0) is 19.5. The van der Waals surface area contributed by atoms with Crippen molar-refractivity contribution in [2.75, 3.05) is 32.8 Å². The smallest absolute Gasteiger partial charge is 0.289 e. The summed E-state index contributed by atoms with van der Waals surface area (Å²) in [6.45, 7) is 7.17. The van der Waals surface area contributed by atoms with E-state index in [9.17, 15) is 4.79 Å². The van der Waals surface area contributed by atoms with Crippen LogP contribution in [0.5, 0.6) is 0 Å². The number of nitrogens with one attached hydrogen (secondary N) is 1. The maximum Gasteiger partial charge on any atom is 0.289 e. The van der Waals surface area contributed by atoms with Crippen molar-refractivity contribution in [2.24, 2.45) is 0 Å². The summed E-state index contributed by atoms with van der Waals surface area (Å²) in [5, 5.41) is 11.1. The van der Waals surface area contributed by atoms with Crippen molar-refractivity contribution in [3.05, 3.63) is 53.4 Å². The first kappa shape index (κ1) is 18.5. The monoisotopic (exact) mass is 381 g/mol. The Morgan fingerprint density at radius 3 is 2.82 bits per heavy atom. The van der Waals surface area contributed by atoms with Crippen LogP contribution in [0.25, 0.3) is 5.78 Å². The molecule has 0 unspecified atom stereocenters. The van der Waals surface area contributed by atoms with Crippen LogP contribution in [0.15, 0.2) is 30.5 Å². The van der Waals surface area contributed by atoms with Gasteiger partial charge in [-0.3, -0.25) is 19.1 Å². The first-order valence-electron chi connectivity index (χ1n) is 9.34. The van der Waals surface area contributed by atoms with Gasteiger partial charge in [0.05, 0.1) is 24.9 Å². The molecule has 0 bridgehead atoms. The lowest BCUT2D eigenvalue weighted by Crippen LogP contribution is -2.44. The van der Waals surface area contributed by atoms with E-state index in [0.717, 1.165) is 30.2 Å². The van der Waals surface area contributed by atoms with Crippen LogP contribution in [0.4, 0.5) is 0 Å². The molecule has 4 heterocycles. The van der Waals surface area contributed by atoms with Gasteiger partial charge in [-0.2, -0.15) is 0 Å². The highest BCUT2D eigenvalue weighted by molar-refractivity contribution is 5.91. The molecule has 1 atom stereocenters. The number of aryl methyl sites for hydroxylation is 2. The minimum Gasteiger partial charge on any atom is -0.379 e. The predicted octanol–water partition coefficient (Wildman–Crippen LogP) is 0.939. The van der Waals surface area contributed by atoms with Crippen molar-refractivity contribution < 1.29 is 9.53 Å². The number of hydrogen-bond acceptors (Lipinski definition) is 7. The van der Waals surface area contributed by atoms with E-state index in [1.54, 1.807) is 10.6 Å². The molecule has 9 heteroatoms. The maximum atomic E-state index is 12.8. The Hall–Kier alpha value is -2.91. The lowest BCUT2D eigenvalue weighted by molar-refractivity contribution is 0.0153. The van der Waals surface area contributed by atoms with Crippen LogP contribution in [0, 0.1) is 13.8 Å². The SMILES string of the molecule is Cc1cc(C)n2c(C(=O)NC[C@@H](c3ccccn3)N3CCOCC3)nnc2n1. The third kappa shape index (κ3) is 3.71. The van der Waals surface area contributed by atoms with E-state index in [1.807, 2.05) is 38.1 Å². The van der Waals surface area contributed by atoms with Crippen LogP contribution < -0.4 is 5.32 Å². The molecule has 9 nitrogen and oxygen atoms in total. The van der Waals surface area contributed by atoms with Gasteiger partial charge in [-0.05, 0) is 32.0 Å². The Morgan fingerprint density at radius 1 is 1.25 bits per heavy atom. The highest BCUT2D eigenvalue weighted by atomic mass is 16.5. The lowest BCUT2D eigenvalue weighted by atomic mass is 10.1. The van der Waals surface area contributed by atoms with E-state index in [1.165, 1.54) is 0 Å². The predicted molar refractivity (Wildman–Crippen MR) is 102 cm³/mol. The lowest BCUT2D eigenvalue weighted by Gasteiger charge is -2.34. The minimum absolute atomic E-state index is 0.0327. The number of hydrogen-bond donors (Lipinski definition) is 1. The molecule has 3 aromatic rings. The molecule has 0 radical (unpaired) electrons. The number of nitrogens with zero attached hydrogens (tertiary/aromatic N) is 6. The molecule has 1 saturated heterocycles. The van der Waals surface area contributed by atoms with Gasteiger partial charge >= 0.3 is 0 Å². The average Bonchev–Trinajstić information content (AvgIpc) is 3.14. The Kier molecular flexibility index (Phi) is 5.27. The number of rotatable bonds is 5. The van der Waals surface area contributed by atoms with Crippen LogP contribution in [-0.4, -0.2) is 68.2 Å². The second kappa shape index (κ2) is 7.99. The van der Waals surface area contributed by atoms with Gasteiger partial charge in [-0.25, -0.2) is 4.98 Å². The van der Waals surface area contributed by atoms with Crippen LogP contribution in [-0.2, 0) is 4.74 Å². The molecule has 1 aliphatic rings. The number of morpholine rings is 1. The van der Waals surface area contributed by atoms with Gasteiger partial charge in [0.1, 0.15) is 0 Å². The third-order valence-corrected chi connectivity index (χ3v) is 4.87. The van der Waals surface area contributed by atoms with Crippen molar-refractivity contribution in [3.8, 4) is 0 Å². The van der Waals surface area contributed by atoms with Crippen LogP contribution >= 0.6 is 0 Å². The van der Waals surface area contributed by atoms with Crippen molar-refractivity contribution >= 4 is 11.7 Å². The van der Waals surface area contributed by atoms with Gasteiger partial charge in [-0.1, -0.05) is 6.07 Å². The Morgan fingerprint density at radius 2 is 2.07 bits per heavy atom. The summed E-state index contributed by atoms with van der Waals surface area (Å²) in [5.74, 6) is 0.384. The van der Waals surface area contributed by atoms with E-state index < -0.39 is 0 Å². The van der Waals surface area contributed by atoms with Crippen molar-refractivity contribution in [2.45, 2.75) is 19.9 Å². The molecule has 0 spiro atoms. The normalized spacial score (nSPS) is 16.2.